The van der Waals surface area contributed by atoms with Crippen LogP contribution in [0.1, 0.15) is 41.5 Å². The Kier molecular flexibility index (Phi) is 3.98. The Morgan fingerprint density at radius 2 is 2.33 bits per heavy atom. The number of hydrogen-bond donors (Lipinski definition) is 1. The summed E-state index contributed by atoms with van der Waals surface area (Å²) in [5.41, 5.74) is 3.50. The van der Waals surface area contributed by atoms with Crippen LogP contribution in [0.15, 0.2) is 23.3 Å². The minimum Gasteiger partial charge on any atom is -0.370 e. The van der Waals surface area contributed by atoms with E-state index in [4.69, 9.17) is 17.0 Å². The smallest absolute Gasteiger partial charge is 0.216 e. The molecule has 0 aliphatic carbocycles. The van der Waals surface area contributed by atoms with Crippen molar-refractivity contribution in [3.63, 3.8) is 0 Å². The number of benzene rings is 1. The van der Waals surface area contributed by atoms with E-state index < -0.39 is 0 Å². The molecule has 6 heteroatoms. The Morgan fingerprint density at radius 3 is 3.05 bits per heavy atom. The average molecular weight is 302 g/mol. The minimum absolute atomic E-state index is 0.0192. The number of rotatable bonds is 3. The van der Waals surface area contributed by atoms with Crippen molar-refractivity contribution in [2.75, 3.05) is 6.61 Å². The van der Waals surface area contributed by atoms with Crippen LogP contribution in [0.3, 0.4) is 0 Å². The van der Waals surface area contributed by atoms with Crippen molar-refractivity contribution < 1.29 is 4.74 Å². The minimum atomic E-state index is -0.0192. The first-order chi connectivity index (χ1) is 10.1. The summed E-state index contributed by atoms with van der Waals surface area (Å²) in [6.45, 7) is 4.92. The van der Waals surface area contributed by atoms with E-state index >= 15 is 0 Å². The highest BCUT2D eigenvalue weighted by Gasteiger charge is 2.23. The fraction of sp³-hybridized carbons (Fsp3) is 0.400. The van der Waals surface area contributed by atoms with Crippen molar-refractivity contribution >= 4 is 18.4 Å². The number of nitrogens with zero attached hydrogens (tertiary/aromatic N) is 3. The van der Waals surface area contributed by atoms with Gasteiger partial charge in [0.15, 0.2) is 5.82 Å². The third-order valence-corrected chi connectivity index (χ3v) is 3.89. The molecule has 0 spiro atoms. The second-order valence-electron chi connectivity index (χ2n) is 5.31. The van der Waals surface area contributed by atoms with Gasteiger partial charge in [-0.3, -0.25) is 5.10 Å². The number of aryl methyl sites for hydroxylation is 2. The molecule has 21 heavy (non-hydrogen) atoms. The number of aromatic nitrogens is 3. The highest BCUT2D eigenvalue weighted by Crippen LogP contribution is 2.26. The highest BCUT2D eigenvalue weighted by molar-refractivity contribution is 7.71. The van der Waals surface area contributed by atoms with E-state index in [1.54, 1.807) is 4.68 Å². The molecule has 5 nitrogen and oxygen atoms in total. The van der Waals surface area contributed by atoms with Gasteiger partial charge in [-0.1, -0.05) is 23.8 Å². The zero-order valence-electron chi connectivity index (χ0n) is 12.2. The molecule has 2 aromatic rings. The van der Waals surface area contributed by atoms with Gasteiger partial charge >= 0.3 is 0 Å². The molecule has 1 saturated heterocycles. The molecule has 0 saturated carbocycles. The zero-order valence-corrected chi connectivity index (χ0v) is 13.0. The van der Waals surface area contributed by atoms with Crippen LogP contribution in [0.2, 0.25) is 0 Å². The normalized spacial score (nSPS) is 18.7. The third-order valence-electron chi connectivity index (χ3n) is 3.63. The van der Waals surface area contributed by atoms with Crippen LogP contribution in [-0.4, -0.2) is 27.7 Å². The van der Waals surface area contributed by atoms with Crippen LogP contribution in [0.5, 0.6) is 0 Å². The molecular formula is C15H18N4OS. The molecule has 1 aromatic carbocycles. The van der Waals surface area contributed by atoms with Gasteiger partial charge in [-0.05, 0) is 50.0 Å². The lowest BCUT2D eigenvalue weighted by molar-refractivity contribution is 0.102. The van der Waals surface area contributed by atoms with Gasteiger partial charge in [0.05, 0.1) is 6.21 Å². The largest absolute Gasteiger partial charge is 0.370 e. The molecule has 3 rings (SSSR count). The Morgan fingerprint density at radius 1 is 1.48 bits per heavy atom. The molecule has 0 unspecified atom stereocenters. The van der Waals surface area contributed by atoms with Crippen molar-refractivity contribution in [3.8, 4) is 0 Å². The third kappa shape index (κ3) is 2.96. The number of nitrogens with one attached hydrogen (secondary N) is 1. The van der Waals surface area contributed by atoms with Gasteiger partial charge in [-0.15, -0.1) is 0 Å². The topological polar surface area (TPSA) is 55.2 Å². The zero-order chi connectivity index (χ0) is 14.8. The molecule has 1 aliphatic rings. The number of ether oxygens (including phenoxy) is 1. The average Bonchev–Trinajstić information content (AvgIpc) is 3.08. The Labute approximate surface area is 128 Å². The van der Waals surface area contributed by atoms with Crippen LogP contribution >= 0.6 is 12.2 Å². The van der Waals surface area contributed by atoms with Gasteiger partial charge in [0, 0.05) is 6.61 Å². The fourth-order valence-corrected chi connectivity index (χ4v) is 2.68. The first-order valence-corrected chi connectivity index (χ1v) is 7.46. The molecule has 110 valence electrons. The van der Waals surface area contributed by atoms with E-state index in [0.29, 0.717) is 4.77 Å². The van der Waals surface area contributed by atoms with E-state index in [-0.39, 0.29) is 6.10 Å². The molecule has 1 fully saturated rings. The number of hydrogen-bond acceptors (Lipinski definition) is 4. The Hall–Kier alpha value is -1.79. The van der Waals surface area contributed by atoms with Gasteiger partial charge < -0.3 is 4.74 Å². The van der Waals surface area contributed by atoms with Gasteiger partial charge in [0.25, 0.3) is 0 Å². The van der Waals surface area contributed by atoms with E-state index in [1.165, 1.54) is 11.1 Å². The molecule has 0 amide bonds. The van der Waals surface area contributed by atoms with E-state index in [2.05, 4.69) is 47.3 Å². The first kappa shape index (κ1) is 14.2. The summed E-state index contributed by atoms with van der Waals surface area (Å²) in [4.78, 5) is 0. The highest BCUT2D eigenvalue weighted by atomic mass is 32.1. The second-order valence-corrected chi connectivity index (χ2v) is 5.69. The lowest BCUT2D eigenvalue weighted by Crippen LogP contribution is -2.05. The van der Waals surface area contributed by atoms with Crippen LogP contribution < -0.4 is 0 Å². The lowest BCUT2D eigenvalue weighted by atomic mass is 10.1. The summed E-state index contributed by atoms with van der Waals surface area (Å²) in [7, 11) is 0. The summed E-state index contributed by atoms with van der Waals surface area (Å²) < 4.78 is 7.81. The summed E-state index contributed by atoms with van der Waals surface area (Å²) in [6, 6.07) is 6.27. The maximum atomic E-state index is 5.66. The Balaban J connectivity index is 1.92. The summed E-state index contributed by atoms with van der Waals surface area (Å²) in [5, 5.41) is 11.5. The van der Waals surface area contributed by atoms with Gasteiger partial charge in [-0.2, -0.15) is 14.9 Å². The summed E-state index contributed by atoms with van der Waals surface area (Å²) in [5.74, 6) is 0.749. The van der Waals surface area contributed by atoms with Crippen molar-refractivity contribution in [2.45, 2.75) is 32.8 Å². The van der Waals surface area contributed by atoms with Crippen molar-refractivity contribution in [1.29, 1.82) is 0 Å². The molecule has 0 bridgehead atoms. The molecule has 0 radical (unpaired) electrons. The quantitative estimate of drug-likeness (QED) is 0.699. The number of aromatic amines is 1. The molecular weight excluding hydrogens is 284 g/mol. The predicted octanol–water partition coefficient (Wildman–Crippen LogP) is 3.29. The maximum absolute atomic E-state index is 5.66. The molecule has 2 heterocycles. The second kappa shape index (κ2) is 5.91. The SMILES string of the molecule is Cc1ccc(/C=N\n2c([C@H]3CCCO3)n[nH]c2=S)c(C)c1. The van der Waals surface area contributed by atoms with E-state index in [0.717, 1.165) is 30.8 Å². The standard InChI is InChI=1S/C15H18N4OS/c1-10-5-6-12(11(2)8-10)9-16-19-14(17-18-15(19)21)13-4-3-7-20-13/h5-6,8-9,13H,3-4,7H2,1-2H3,(H,18,21)/b16-9-/t13-/m1/s1. The van der Waals surface area contributed by atoms with Gasteiger partial charge in [0.1, 0.15) is 6.10 Å². The molecule has 1 atom stereocenters. The Bertz CT molecular complexity index is 726. The summed E-state index contributed by atoms with van der Waals surface area (Å²) in [6.07, 6.45) is 3.80. The lowest BCUT2D eigenvalue weighted by Gasteiger charge is -2.07. The van der Waals surface area contributed by atoms with E-state index in [1.807, 2.05) is 6.21 Å². The monoisotopic (exact) mass is 302 g/mol. The van der Waals surface area contributed by atoms with Crippen molar-refractivity contribution in [3.05, 3.63) is 45.5 Å². The number of H-pyrrole nitrogens is 1. The molecule has 1 aliphatic heterocycles. The molecule has 1 aromatic heterocycles. The van der Waals surface area contributed by atoms with Crippen molar-refractivity contribution in [1.82, 2.24) is 14.9 Å². The van der Waals surface area contributed by atoms with E-state index in [9.17, 15) is 0 Å². The van der Waals surface area contributed by atoms with Crippen LogP contribution in [0.4, 0.5) is 0 Å². The van der Waals surface area contributed by atoms with Crippen molar-refractivity contribution in [2.24, 2.45) is 5.10 Å². The first-order valence-electron chi connectivity index (χ1n) is 7.05. The predicted molar refractivity (Wildman–Crippen MR) is 84.2 cm³/mol. The summed E-state index contributed by atoms with van der Waals surface area (Å²) >= 11 is 5.25. The fourth-order valence-electron chi connectivity index (χ4n) is 2.50. The van der Waals surface area contributed by atoms with Gasteiger partial charge in [-0.25, -0.2) is 0 Å². The van der Waals surface area contributed by atoms with Crippen LogP contribution in [0, 0.1) is 18.6 Å². The van der Waals surface area contributed by atoms with Gasteiger partial charge in [0.2, 0.25) is 4.77 Å². The maximum Gasteiger partial charge on any atom is 0.216 e. The van der Waals surface area contributed by atoms with Crippen LogP contribution in [0.25, 0.3) is 0 Å². The van der Waals surface area contributed by atoms with Crippen LogP contribution in [-0.2, 0) is 4.74 Å². The molecule has 1 N–H and O–H groups in total.